The first-order chi connectivity index (χ1) is 18.0. The molecule has 3 fully saturated rings. The van der Waals surface area contributed by atoms with Crippen LogP contribution in [0.25, 0.3) is 16.9 Å². The van der Waals surface area contributed by atoms with Gasteiger partial charge in [-0.3, -0.25) is 9.36 Å². The predicted molar refractivity (Wildman–Crippen MR) is 133 cm³/mol. The molecule has 3 aromatic rings. The van der Waals surface area contributed by atoms with E-state index in [1.807, 2.05) is 4.90 Å². The quantitative estimate of drug-likeness (QED) is 0.488. The Hall–Kier alpha value is -3.18. The maximum absolute atomic E-state index is 14.0. The lowest BCUT2D eigenvalue weighted by Crippen LogP contribution is -2.39. The summed E-state index contributed by atoms with van der Waals surface area (Å²) in [5, 5.41) is 3.46. The van der Waals surface area contributed by atoms with Crippen molar-refractivity contribution in [1.29, 1.82) is 0 Å². The van der Waals surface area contributed by atoms with Crippen LogP contribution in [0.5, 0.6) is 0 Å². The monoisotopic (exact) mass is 512 g/mol. The molecule has 196 valence electrons. The third kappa shape index (κ3) is 5.02. The highest BCUT2D eigenvalue weighted by Gasteiger charge is 2.34. The van der Waals surface area contributed by atoms with Gasteiger partial charge in [0, 0.05) is 44.1 Å². The molecule has 6 rings (SSSR count). The predicted octanol–water partition coefficient (Wildman–Crippen LogP) is 3.78. The number of benzene rings is 1. The van der Waals surface area contributed by atoms with Crippen LogP contribution in [-0.4, -0.2) is 70.9 Å². The summed E-state index contributed by atoms with van der Waals surface area (Å²) in [5.74, 6) is 1.71. The Morgan fingerprint density at radius 3 is 2.65 bits per heavy atom. The summed E-state index contributed by atoms with van der Waals surface area (Å²) in [6.45, 7) is 3.56. The number of carbonyl (C=O) groups excluding carboxylic acids is 1. The molecule has 1 unspecified atom stereocenters. The van der Waals surface area contributed by atoms with Gasteiger partial charge < -0.3 is 19.7 Å². The first kappa shape index (κ1) is 24.2. The zero-order chi connectivity index (χ0) is 25.4. The molecule has 0 spiro atoms. The van der Waals surface area contributed by atoms with E-state index >= 15 is 0 Å². The average molecular weight is 513 g/mol. The Labute approximate surface area is 213 Å². The van der Waals surface area contributed by atoms with Crippen molar-refractivity contribution >= 4 is 28.6 Å². The first-order valence-corrected chi connectivity index (χ1v) is 12.9. The molecule has 37 heavy (non-hydrogen) atoms. The molecule has 0 radical (unpaired) electrons. The second-order valence-electron chi connectivity index (χ2n) is 10.0. The maximum Gasteiger partial charge on any atom is 0.296 e. The molecule has 0 amide bonds. The molecule has 1 aliphatic carbocycles. The number of carbonyl (C=O) groups is 1. The Balaban J connectivity index is 1.26. The van der Waals surface area contributed by atoms with Crippen LogP contribution >= 0.6 is 0 Å². The topological polar surface area (TPSA) is 94.4 Å². The molecule has 2 aliphatic heterocycles. The third-order valence-electron chi connectivity index (χ3n) is 7.47. The van der Waals surface area contributed by atoms with Crippen LogP contribution in [0.3, 0.4) is 0 Å². The first-order valence-electron chi connectivity index (χ1n) is 12.9. The molecular weight excluding hydrogens is 482 g/mol. The number of rotatable bonds is 8. The van der Waals surface area contributed by atoms with E-state index in [9.17, 15) is 13.6 Å². The molecule has 1 N–H and O–H groups in total. The minimum Gasteiger partial charge on any atom is -0.381 e. The van der Waals surface area contributed by atoms with Crippen molar-refractivity contribution < 1.29 is 23.0 Å². The second-order valence-corrected chi connectivity index (χ2v) is 10.0. The van der Waals surface area contributed by atoms with Gasteiger partial charge in [0.25, 0.3) is 6.43 Å². The zero-order valence-corrected chi connectivity index (χ0v) is 20.5. The fourth-order valence-electron chi connectivity index (χ4n) is 5.42. The standard InChI is InChI=1S/C26H30F2N6O3/c27-24(28)25-30-19-3-1-2-4-20(19)34(25)23-14-22(31-26(32-23)33-6-9-36-10-7-33)29-18-11-16(12-18)13-21(35)17-5-8-37-15-17/h1-4,14,16-18,24H,5-13,15H2,(H,29,31,32). The van der Waals surface area contributed by atoms with Crippen LogP contribution in [0, 0.1) is 11.8 Å². The van der Waals surface area contributed by atoms with E-state index in [2.05, 4.69) is 10.3 Å². The molecule has 11 heteroatoms. The fourth-order valence-corrected chi connectivity index (χ4v) is 5.42. The number of hydrogen-bond acceptors (Lipinski definition) is 8. The van der Waals surface area contributed by atoms with Gasteiger partial charge in [0.2, 0.25) is 5.95 Å². The van der Waals surface area contributed by atoms with Gasteiger partial charge in [-0.15, -0.1) is 0 Å². The summed E-state index contributed by atoms with van der Waals surface area (Å²) in [6.07, 6.45) is 0.369. The van der Waals surface area contributed by atoms with E-state index < -0.39 is 6.43 Å². The number of hydrogen-bond donors (Lipinski definition) is 1. The summed E-state index contributed by atoms with van der Waals surface area (Å²) in [7, 11) is 0. The molecule has 9 nitrogen and oxygen atoms in total. The lowest BCUT2D eigenvalue weighted by Gasteiger charge is -2.36. The SMILES string of the molecule is O=C(CC1CC(Nc2cc(-n3c(C(F)F)nc4ccccc43)nc(N3CCOCC3)n2)C1)C1CCOC1. The molecular formula is C26H30F2N6O3. The number of aromatic nitrogens is 4. The minimum absolute atomic E-state index is 0.0431. The summed E-state index contributed by atoms with van der Waals surface area (Å²) in [6, 6.07) is 8.92. The lowest BCUT2D eigenvalue weighted by molar-refractivity contribution is -0.124. The number of ether oxygens (including phenoxy) is 2. The van der Waals surface area contributed by atoms with Gasteiger partial charge in [-0.2, -0.15) is 9.97 Å². The van der Waals surface area contributed by atoms with Crippen molar-refractivity contribution in [2.75, 3.05) is 49.7 Å². The molecule has 2 saturated heterocycles. The smallest absolute Gasteiger partial charge is 0.296 e. The van der Waals surface area contributed by atoms with Crippen LogP contribution in [0.4, 0.5) is 20.5 Å². The number of nitrogens with zero attached hydrogens (tertiary/aromatic N) is 5. The van der Waals surface area contributed by atoms with Crippen LogP contribution in [0.1, 0.15) is 37.9 Å². The molecule has 1 atom stereocenters. The van der Waals surface area contributed by atoms with Crippen LogP contribution < -0.4 is 10.2 Å². The van der Waals surface area contributed by atoms with E-state index in [0.717, 1.165) is 19.3 Å². The number of nitrogens with one attached hydrogen (secondary N) is 1. The molecule has 3 aliphatic rings. The Bertz CT molecular complexity index is 1270. The second kappa shape index (κ2) is 10.3. The van der Waals surface area contributed by atoms with E-state index in [1.54, 1.807) is 30.3 Å². The number of alkyl halides is 2. The van der Waals surface area contributed by atoms with Gasteiger partial charge in [0.1, 0.15) is 17.4 Å². The summed E-state index contributed by atoms with van der Waals surface area (Å²) in [5.41, 5.74) is 1.05. The van der Waals surface area contributed by atoms with Crippen molar-refractivity contribution in [2.24, 2.45) is 11.8 Å². The van der Waals surface area contributed by atoms with Crippen molar-refractivity contribution in [3.05, 3.63) is 36.2 Å². The highest BCUT2D eigenvalue weighted by molar-refractivity contribution is 5.81. The highest BCUT2D eigenvalue weighted by Crippen LogP contribution is 2.35. The van der Waals surface area contributed by atoms with Gasteiger partial charge in [-0.1, -0.05) is 12.1 Å². The van der Waals surface area contributed by atoms with Crippen molar-refractivity contribution in [2.45, 2.75) is 38.2 Å². The molecule has 4 heterocycles. The van der Waals surface area contributed by atoms with Gasteiger partial charge in [0.05, 0.1) is 30.9 Å². The zero-order valence-electron chi connectivity index (χ0n) is 20.5. The number of Topliss-reactive ketones (excluding diaryl/α,β-unsaturated/α-hetero) is 1. The highest BCUT2D eigenvalue weighted by atomic mass is 19.3. The third-order valence-corrected chi connectivity index (χ3v) is 7.47. The van der Waals surface area contributed by atoms with E-state index in [0.29, 0.717) is 86.3 Å². The van der Waals surface area contributed by atoms with E-state index in [1.165, 1.54) is 4.57 Å². The van der Waals surface area contributed by atoms with Gasteiger partial charge in [0.15, 0.2) is 5.82 Å². The van der Waals surface area contributed by atoms with Crippen LogP contribution in [0.2, 0.25) is 0 Å². The number of imidazole rings is 1. The van der Waals surface area contributed by atoms with Crippen LogP contribution in [0.15, 0.2) is 30.3 Å². The summed E-state index contributed by atoms with van der Waals surface area (Å²) >= 11 is 0. The number of anilines is 2. The van der Waals surface area contributed by atoms with Gasteiger partial charge in [-0.05, 0) is 37.3 Å². The number of morpholine rings is 1. The molecule has 2 aromatic heterocycles. The maximum atomic E-state index is 14.0. The van der Waals surface area contributed by atoms with Gasteiger partial charge >= 0.3 is 0 Å². The molecule has 0 bridgehead atoms. The minimum atomic E-state index is -2.76. The summed E-state index contributed by atoms with van der Waals surface area (Å²) < 4.78 is 40.3. The Morgan fingerprint density at radius 1 is 1.08 bits per heavy atom. The lowest BCUT2D eigenvalue weighted by atomic mass is 9.76. The number of para-hydroxylation sites is 2. The van der Waals surface area contributed by atoms with Crippen molar-refractivity contribution in [3.63, 3.8) is 0 Å². The average Bonchev–Trinajstić information content (AvgIpc) is 3.56. The van der Waals surface area contributed by atoms with E-state index in [4.69, 9.17) is 19.4 Å². The van der Waals surface area contributed by atoms with E-state index in [-0.39, 0.29) is 17.8 Å². The normalized spacial score (nSPS) is 24.0. The number of ketones is 1. The fraction of sp³-hybridized carbons (Fsp3) is 0.538. The Morgan fingerprint density at radius 2 is 1.89 bits per heavy atom. The van der Waals surface area contributed by atoms with Crippen molar-refractivity contribution in [3.8, 4) is 5.82 Å². The summed E-state index contributed by atoms with van der Waals surface area (Å²) in [4.78, 5) is 28.1. The van der Waals surface area contributed by atoms with Crippen LogP contribution in [-0.2, 0) is 14.3 Å². The largest absolute Gasteiger partial charge is 0.381 e. The molecule has 1 aromatic carbocycles. The number of halogens is 2. The Kier molecular flexibility index (Phi) is 6.72. The van der Waals surface area contributed by atoms with Gasteiger partial charge in [-0.25, -0.2) is 13.8 Å². The van der Waals surface area contributed by atoms with Crippen molar-refractivity contribution in [1.82, 2.24) is 19.5 Å². The number of fused-ring (bicyclic) bond motifs is 1. The molecule has 1 saturated carbocycles.